The maximum Gasteiger partial charge on any atom is 0.308 e. The van der Waals surface area contributed by atoms with Crippen LogP contribution in [0.1, 0.15) is 19.8 Å². The number of carbonyl (C=O) groups excluding carboxylic acids is 2. The lowest BCUT2D eigenvalue weighted by Crippen LogP contribution is -2.24. The molecular formula is C17H17NO6. The fraction of sp³-hybridized carbons (Fsp3) is 0.294. The van der Waals surface area contributed by atoms with Gasteiger partial charge in [-0.05, 0) is 30.7 Å². The molecule has 1 fully saturated rings. The van der Waals surface area contributed by atoms with Gasteiger partial charge in [-0.25, -0.2) is 0 Å². The molecule has 1 aromatic heterocycles. The molecule has 0 radical (unpaired) electrons. The molecule has 0 spiro atoms. The van der Waals surface area contributed by atoms with Crippen molar-refractivity contribution >= 4 is 17.8 Å². The number of aromatic hydroxyl groups is 1. The Labute approximate surface area is 138 Å². The maximum absolute atomic E-state index is 12.0. The first-order chi connectivity index (χ1) is 11.5. The van der Waals surface area contributed by atoms with Gasteiger partial charge in [0.2, 0.25) is 17.4 Å². The van der Waals surface area contributed by atoms with E-state index in [9.17, 15) is 14.7 Å². The van der Waals surface area contributed by atoms with Crippen LogP contribution in [0.4, 0.5) is 5.88 Å². The predicted octanol–water partition coefficient (Wildman–Crippen LogP) is 2.71. The van der Waals surface area contributed by atoms with Crippen molar-refractivity contribution in [3.8, 4) is 28.6 Å². The number of furan rings is 1. The fourth-order valence-corrected chi connectivity index (χ4v) is 2.61. The molecule has 0 bridgehead atoms. The van der Waals surface area contributed by atoms with Gasteiger partial charge in [0.15, 0.2) is 5.76 Å². The summed E-state index contributed by atoms with van der Waals surface area (Å²) in [5, 5.41) is 10.4. The minimum absolute atomic E-state index is 0.0519. The number of hydrogen-bond acceptors (Lipinski definition) is 6. The highest BCUT2D eigenvalue weighted by molar-refractivity contribution is 5.97. The molecule has 1 amide bonds. The predicted molar refractivity (Wildman–Crippen MR) is 85.3 cm³/mol. The van der Waals surface area contributed by atoms with E-state index >= 15 is 0 Å². The number of hydrogen-bond donors (Lipinski definition) is 1. The number of carbonyl (C=O) groups is 2. The summed E-state index contributed by atoms with van der Waals surface area (Å²) in [5.74, 6) is -0.369. The molecule has 2 heterocycles. The average molecular weight is 331 g/mol. The summed E-state index contributed by atoms with van der Waals surface area (Å²) in [6.07, 6.45) is 1.07. The second-order valence-electron chi connectivity index (χ2n) is 5.39. The lowest BCUT2D eigenvalue weighted by Gasteiger charge is -2.13. The summed E-state index contributed by atoms with van der Waals surface area (Å²) in [6, 6.07) is 6.82. The largest absolute Gasteiger partial charge is 0.502 e. The van der Waals surface area contributed by atoms with Gasteiger partial charge in [0.1, 0.15) is 5.75 Å². The number of ether oxygens (including phenoxy) is 2. The topological polar surface area (TPSA) is 89.2 Å². The van der Waals surface area contributed by atoms with E-state index in [-0.39, 0.29) is 29.1 Å². The van der Waals surface area contributed by atoms with Crippen LogP contribution in [0.3, 0.4) is 0 Å². The van der Waals surface area contributed by atoms with Gasteiger partial charge < -0.3 is 19.0 Å². The molecule has 1 N–H and O–H groups in total. The summed E-state index contributed by atoms with van der Waals surface area (Å²) in [4.78, 5) is 24.7. The Kier molecular flexibility index (Phi) is 4.16. The van der Waals surface area contributed by atoms with E-state index in [1.165, 1.54) is 11.8 Å². The number of amides is 1. The van der Waals surface area contributed by atoms with Crippen molar-refractivity contribution in [2.24, 2.45) is 0 Å². The number of nitrogens with zero attached hydrogens (tertiary/aromatic N) is 1. The monoisotopic (exact) mass is 331 g/mol. The Morgan fingerprint density at radius 3 is 2.54 bits per heavy atom. The highest BCUT2D eigenvalue weighted by atomic mass is 16.6. The van der Waals surface area contributed by atoms with Gasteiger partial charge in [0.25, 0.3) is 5.88 Å². The molecule has 1 aliphatic rings. The van der Waals surface area contributed by atoms with E-state index in [2.05, 4.69) is 0 Å². The third kappa shape index (κ3) is 2.80. The third-order valence-corrected chi connectivity index (χ3v) is 3.74. The first-order valence-corrected chi connectivity index (χ1v) is 7.50. The lowest BCUT2D eigenvalue weighted by molar-refractivity contribution is -0.132. The Morgan fingerprint density at radius 2 is 2.00 bits per heavy atom. The smallest absolute Gasteiger partial charge is 0.308 e. The molecule has 0 atom stereocenters. The van der Waals surface area contributed by atoms with Crippen molar-refractivity contribution in [3.05, 3.63) is 24.3 Å². The number of benzene rings is 1. The third-order valence-electron chi connectivity index (χ3n) is 3.74. The fourth-order valence-electron chi connectivity index (χ4n) is 2.61. The van der Waals surface area contributed by atoms with Gasteiger partial charge in [0, 0.05) is 25.5 Å². The second-order valence-corrected chi connectivity index (χ2v) is 5.39. The molecule has 2 aromatic rings. The minimum Gasteiger partial charge on any atom is -0.502 e. The van der Waals surface area contributed by atoms with Gasteiger partial charge >= 0.3 is 5.97 Å². The second kappa shape index (κ2) is 6.27. The normalized spacial score (nSPS) is 14.1. The summed E-state index contributed by atoms with van der Waals surface area (Å²) in [7, 11) is 1.55. The molecule has 24 heavy (non-hydrogen) atoms. The zero-order valence-corrected chi connectivity index (χ0v) is 13.4. The van der Waals surface area contributed by atoms with Crippen LogP contribution >= 0.6 is 0 Å². The first kappa shape index (κ1) is 15.9. The summed E-state index contributed by atoms with van der Waals surface area (Å²) >= 11 is 0. The molecule has 7 heteroatoms. The van der Waals surface area contributed by atoms with Gasteiger partial charge in [-0.2, -0.15) is 0 Å². The zero-order valence-electron chi connectivity index (χ0n) is 13.4. The maximum atomic E-state index is 12.0. The molecule has 7 nitrogen and oxygen atoms in total. The molecule has 1 aromatic carbocycles. The van der Waals surface area contributed by atoms with E-state index in [0.717, 1.165) is 0 Å². The molecule has 0 saturated carbocycles. The summed E-state index contributed by atoms with van der Waals surface area (Å²) < 4.78 is 15.9. The Hall–Kier alpha value is -2.96. The van der Waals surface area contributed by atoms with Crippen molar-refractivity contribution < 1.29 is 28.6 Å². The SMILES string of the molecule is COc1ccc(-c2oc(N3CCCC3=O)c(OC(C)=O)c2O)cc1. The Morgan fingerprint density at radius 1 is 1.29 bits per heavy atom. The molecule has 0 unspecified atom stereocenters. The standard InChI is InChI=1S/C17H17NO6/c1-10(19)23-16-14(21)15(11-5-7-12(22-2)8-6-11)24-17(16)18-9-3-4-13(18)20/h5-8,21H,3-4,9H2,1-2H3. The van der Waals surface area contributed by atoms with Gasteiger partial charge in [0.05, 0.1) is 7.11 Å². The number of esters is 1. The van der Waals surface area contributed by atoms with Crippen LogP contribution < -0.4 is 14.4 Å². The van der Waals surface area contributed by atoms with E-state index in [0.29, 0.717) is 30.7 Å². The van der Waals surface area contributed by atoms with Crippen LogP contribution in [0, 0.1) is 0 Å². The van der Waals surface area contributed by atoms with Gasteiger partial charge in [-0.3, -0.25) is 14.5 Å². The minimum atomic E-state index is -0.611. The highest BCUT2D eigenvalue weighted by Gasteiger charge is 2.33. The van der Waals surface area contributed by atoms with Crippen LogP contribution in [0.5, 0.6) is 17.2 Å². The Bertz CT molecular complexity index is 777. The number of anilines is 1. The van der Waals surface area contributed by atoms with Crippen LogP contribution in [-0.4, -0.2) is 30.6 Å². The van der Waals surface area contributed by atoms with E-state index in [4.69, 9.17) is 13.9 Å². The van der Waals surface area contributed by atoms with Crippen LogP contribution in [0.2, 0.25) is 0 Å². The average Bonchev–Trinajstić information content (AvgIpc) is 3.12. The van der Waals surface area contributed by atoms with Crippen molar-refractivity contribution in [1.82, 2.24) is 0 Å². The molecular weight excluding hydrogens is 314 g/mol. The number of rotatable bonds is 4. The zero-order chi connectivity index (χ0) is 17.3. The van der Waals surface area contributed by atoms with Crippen molar-refractivity contribution in [2.75, 3.05) is 18.6 Å². The van der Waals surface area contributed by atoms with E-state index in [1.54, 1.807) is 31.4 Å². The molecule has 0 aliphatic carbocycles. The lowest BCUT2D eigenvalue weighted by atomic mass is 10.1. The molecule has 126 valence electrons. The molecule has 1 saturated heterocycles. The quantitative estimate of drug-likeness (QED) is 0.867. The molecule has 3 rings (SSSR count). The van der Waals surface area contributed by atoms with Crippen LogP contribution in [0.15, 0.2) is 28.7 Å². The van der Waals surface area contributed by atoms with E-state index < -0.39 is 5.97 Å². The summed E-state index contributed by atoms with van der Waals surface area (Å²) in [6.45, 7) is 1.66. The van der Waals surface area contributed by atoms with Crippen molar-refractivity contribution in [3.63, 3.8) is 0 Å². The van der Waals surface area contributed by atoms with Crippen LogP contribution in [-0.2, 0) is 9.59 Å². The Balaban J connectivity index is 2.07. The van der Waals surface area contributed by atoms with E-state index in [1.807, 2.05) is 0 Å². The number of methoxy groups -OCH3 is 1. The van der Waals surface area contributed by atoms with Crippen molar-refractivity contribution in [2.45, 2.75) is 19.8 Å². The first-order valence-electron chi connectivity index (χ1n) is 7.50. The van der Waals surface area contributed by atoms with Crippen molar-refractivity contribution in [1.29, 1.82) is 0 Å². The highest BCUT2D eigenvalue weighted by Crippen LogP contribution is 2.48. The molecule has 1 aliphatic heterocycles. The van der Waals surface area contributed by atoms with Gasteiger partial charge in [-0.15, -0.1) is 0 Å². The van der Waals surface area contributed by atoms with Crippen LogP contribution in [0.25, 0.3) is 11.3 Å². The summed E-state index contributed by atoms with van der Waals surface area (Å²) in [5.41, 5.74) is 0.569. The van der Waals surface area contributed by atoms with Gasteiger partial charge in [-0.1, -0.05) is 0 Å².